The van der Waals surface area contributed by atoms with E-state index in [0.29, 0.717) is 25.0 Å². The Kier molecular flexibility index (Phi) is 9.63. The van der Waals surface area contributed by atoms with Crippen molar-refractivity contribution in [3.8, 4) is 5.75 Å². The molecule has 2 aromatic rings. The zero-order chi connectivity index (χ0) is 31.4. The fourth-order valence-electron chi connectivity index (χ4n) is 6.33. The topological polar surface area (TPSA) is 178 Å². The second kappa shape index (κ2) is 13.0. The van der Waals surface area contributed by atoms with Crippen LogP contribution in [0.5, 0.6) is 5.75 Å². The van der Waals surface area contributed by atoms with Crippen LogP contribution in [0.1, 0.15) is 50.5 Å². The Balaban J connectivity index is 1.40. The van der Waals surface area contributed by atoms with E-state index in [2.05, 4.69) is 10.6 Å². The Morgan fingerprint density at radius 2 is 1.84 bits per heavy atom. The standard InChI is InChI=1S/C30H40N6O6S/c1-29(2,3)27-30(18-36(27)28(40)41)13-22(26(39)34-14-21-12-19(16-43-21)25(31)32)35(17-30)24(38)15-33-23(37)10-7-11-42-20-8-5-4-6-9-20/h4-6,8-9,12,16,22,27H,7,10-11,13-15,17-18H2,1-3H3,(H3,31,32)(H,33,37)(H,34,39)(H,40,41). The first-order chi connectivity index (χ1) is 20.3. The molecule has 2 aliphatic heterocycles. The summed E-state index contributed by atoms with van der Waals surface area (Å²) in [5.74, 6) is -0.395. The maximum atomic E-state index is 13.5. The number of nitrogens with one attached hydrogen (secondary N) is 3. The van der Waals surface area contributed by atoms with Gasteiger partial charge in [-0.25, -0.2) is 4.79 Å². The molecule has 3 atom stereocenters. The van der Waals surface area contributed by atoms with Crippen LogP contribution in [0, 0.1) is 16.2 Å². The zero-order valence-electron chi connectivity index (χ0n) is 24.7. The van der Waals surface area contributed by atoms with Crippen molar-refractivity contribution >= 4 is 41.0 Å². The van der Waals surface area contributed by atoms with Gasteiger partial charge in [0, 0.05) is 46.8 Å². The molecular formula is C30H40N6O6S. The molecule has 4 rings (SSSR count). The number of carbonyl (C=O) groups excluding carboxylic acids is 3. The van der Waals surface area contributed by atoms with E-state index in [-0.39, 0.29) is 56.3 Å². The van der Waals surface area contributed by atoms with Crippen molar-refractivity contribution in [2.24, 2.45) is 16.6 Å². The molecule has 0 radical (unpaired) electrons. The molecule has 1 spiro atoms. The van der Waals surface area contributed by atoms with Gasteiger partial charge in [-0.1, -0.05) is 39.0 Å². The summed E-state index contributed by atoms with van der Waals surface area (Å²) in [6.45, 7) is 6.59. The van der Waals surface area contributed by atoms with Crippen molar-refractivity contribution < 1.29 is 29.0 Å². The van der Waals surface area contributed by atoms with E-state index >= 15 is 0 Å². The van der Waals surface area contributed by atoms with Crippen LogP contribution in [0.25, 0.3) is 0 Å². The van der Waals surface area contributed by atoms with Crippen LogP contribution in [-0.4, -0.2) is 82.9 Å². The molecule has 13 heteroatoms. The summed E-state index contributed by atoms with van der Waals surface area (Å²) in [7, 11) is 0. The number of thiophene rings is 1. The third-order valence-corrected chi connectivity index (χ3v) is 8.86. The van der Waals surface area contributed by atoms with Crippen LogP contribution >= 0.6 is 11.3 Å². The van der Waals surface area contributed by atoms with E-state index in [1.807, 2.05) is 51.1 Å². The van der Waals surface area contributed by atoms with Crippen molar-refractivity contribution in [2.45, 2.75) is 58.7 Å². The van der Waals surface area contributed by atoms with Crippen LogP contribution in [0.2, 0.25) is 0 Å². The van der Waals surface area contributed by atoms with Crippen molar-refractivity contribution in [3.63, 3.8) is 0 Å². The lowest BCUT2D eigenvalue weighted by Gasteiger charge is -2.59. The van der Waals surface area contributed by atoms with Crippen molar-refractivity contribution in [1.82, 2.24) is 20.4 Å². The first-order valence-corrected chi connectivity index (χ1v) is 15.1. The molecule has 3 heterocycles. The molecule has 0 saturated carbocycles. The van der Waals surface area contributed by atoms with Crippen molar-refractivity contribution in [2.75, 3.05) is 26.2 Å². The number of nitrogen functional groups attached to an aromatic ring is 1. The summed E-state index contributed by atoms with van der Waals surface area (Å²) in [5.41, 5.74) is 5.11. The third kappa shape index (κ3) is 7.45. The Morgan fingerprint density at radius 1 is 1.14 bits per heavy atom. The number of amidine groups is 1. The fraction of sp³-hybridized carbons (Fsp3) is 0.500. The molecule has 232 valence electrons. The van der Waals surface area contributed by atoms with Gasteiger partial charge in [-0.3, -0.25) is 19.8 Å². The lowest BCUT2D eigenvalue weighted by atomic mass is 9.61. The number of carboxylic acid groups (broad SMARTS) is 1. The van der Waals surface area contributed by atoms with Crippen molar-refractivity contribution in [1.29, 1.82) is 5.41 Å². The lowest BCUT2D eigenvalue weighted by Crippen LogP contribution is -2.71. The van der Waals surface area contributed by atoms with E-state index < -0.39 is 28.9 Å². The molecule has 1 aromatic carbocycles. The Labute approximate surface area is 255 Å². The molecule has 43 heavy (non-hydrogen) atoms. The molecule has 3 unspecified atom stereocenters. The molecule has 2 aliphatic rings. The Bertz CT molecular complexity index is 1360. The number of likely N-dealkylation sites (tertiary alicyclic amines) is 2. The molecule has 0 aliphatic carbocycles. The predicted octanol–water partition coefficient (Wildman–Crippen LogP) is 2.62. The summed E-state index contributed by atoms with van der Waals surface area (Å²) in [5, 5.41) is 24.7. The van der Waals surface area contributed by atoms with Gasteiger partial charge in [-0.2, -0.15) is 0 Å². The number of ether oxygens (including phenoxy) is 1. The van der Waals surface area contributed by atoms with E-state index in [1.54, 1.807) is 11.4 Å². The summed E-state index contributed by atoms with van der Waals surface area (Å²) in [6.07, 6.45) is -0.0705. The van der Waals surface area contributed by atoms with Gasteiger partial charge < -0.3 is 36.0 Å². The van der Waals surface area contributed by atoms with Crippen LogP contribution in [0.3, 0.4) is 0 Å². The summed E-state index contributed by atoms with van der Waals surface area (Å²) in [4.78, 5) is 55.1. The second-order valence-corrected chi connectivity index (χ2v) is 13.3. The van der Waals surface area contributed by atoms with Gasteiger partial charge in [-0.15, -0.1) is 11.3 Å². The maximum absolute atomic E-state index is 13.5. The minimum absolute atomic E-state index is 0.0599. The highest BCUT2D eigenvalue weighted by Gasteiger charge is 2.64. The van der Waals surface area contributed by atoms with Gasteiger partial charge in [0.2, 0.25) is 17.7 Å². The SMILES string of the molecule is CC(C)(C)C1N(C(=O)O)CC12CC(C(=O)NCc1cc(C(=N)N)cs1)N(C(=O)CNC(=O)CCCOc1ccccc1)C2. The molecule has 1 aromatic heterocycles. The molecular weight excluding hydrogens is 572 g/mol. The van der Waals surface area contributed by atoms with E-state index in [1.165, 1.54) is 21.1 Å². The average molecular weight is 613 g/mol. The van der Waals surface area contributed by atoms with E-state index in [4.69, 9.17) is 15.9 Å². The van der Waals surface area contributed by atoms with E-state index in [0.717, 1.165) is 10.6 Å². The van der Waals surface area contributed by atoms with Gasteiger partial charge in [-0.05, 0) is 36.5 Å². The fourth-order valence-corrected chi connectivity index (χ4v) is 7.15. The van der Waals surface area contributed by atoms with Gasteiger partial charge in [0.05, 0.1) is 19.7 Å². The quantitative estimate of drug-likeness (QED) is 0.147. The molecule has 4 amide bonds. The minimum Gasteiger partial charge on any atom is -0.494 e. The number of hydrogen-bond acceptors (Lipinski definition) is 7. The van der Waals surface area contributed by atoms with Crippen LogP contribution in [0.4, 0.5) is 4.79 Å². The van der Waals surface area contributed by atoms with Gasteiger partial charge in [0.25, 0.3) is 0 Å². The Morgan fingerprint density at radius 3 is 2.47 bits per heavy atom. The highest BCUT2D eigenvalue weighted by molar-refractivity contribution is 7.10. The van der Waals surface area contributed by atoms with Crippen LogP contribution < -0.4 is 21.1 Å². The number of hydrogen-bond donors (Lipinski definition) is 5. The highest BCUT2D eigenvalue weighted by atomic mass is 32.1. The maximum Gasteiger partial charge on any atom is 0.407 e. The number of rotatable bonds is 11. The molecule has 0 bridgehead atoms. The minimum atomic E-state index is -1.03. The summed E-state index contributed by atoms with van der Waals surface area (Å²) in [6, 6.07) is 9.81. The molecule has 12 nitrogen and oxygen atoms in total. The highest BCUT2D eigenvalue weighted by Crippen LogP contribution is 2.53. The number of para-hydroxylation sites is 1. The summed E-state index contributed by atoms with van der Waals surface area (Å²) >= 11 is 1.37. The average Bonchev–Trinajstić information content (AvgIpc) is 3.58. The van der Waals surface area contributed by atoms with Crippen LogP contribution in [-0.2, 0) is 20.9 Å². The number of nitrogens with two attached hydrogens (primary N) is 1. The zero-order valence-corrected chi connectivity index (χ0v) is 25.5. The van der Waals surface area contributed by atoms with Gasteiger partial charge in [0.1, 0.15) is 17.6 Å². The van der Waals surface area contributed by atoms with Gasteiger partial charge >= 0.3 is 6.09 Å². The number of nitrogens with zero attached hydrogens (tertiary/aromatic N) is 2. The Hall–Kier alpha value is -4.13. The largest absolute Gasteiger partial charge is 0.494 e. The van der Waals surface area contributed by atoms with Crippen molar-refractivity contribution in [3.05, 3.63) is 52.2 Å². The predicted molar refractivity (Wildman–Crippen MR) is 162 cm³/mol. The number of benzene rings is 1. The normalized spacial score (nSPS) is 21.3. The lowest BCUT2D eigenvalue weighted by molar-refractivity contribution is -0.139. The van der Waals surface area contributed by atoms with Gasteiger partial charge in [0.15, 0.2) is 0 Å². The molecule has 6 N–H and O–H groups in total. The first-order valence-electron chi connectivity index (χ1n) is 14.2. The molecule has 2 fully saturated rings. The second-order valence-electron chi connectivity index (χ2n) is 12.3. The summed E-state index contributed by atoms with van der Waals surface area (Å²) < 4.78 is 5.61. The first kappa shape index (κ1) is 31.8. The molecule has 2 saturated heterocycles. The number of amides is 4. The number of carbonyl (C=O) groups is 4. The van der Waals surface area contributed by atoms with Crippen LogP contribution in [0.15, 0.2) is 41.8 Å². The van der Waals surface area contributed by atoms with E-state index in [9.17, 15) is 24.3 Å². The monoisotopic (exact) mass is 612 g/mol. The third-order valence-electron chi connectivity index (χ3n) is 7.93. The smallest absolute Gasteiger partial charge is 0.407 e.